The Hall–Kier alpha value is -2.42. The van der Waals surface area contributed by atoms with Gasteiger partial charge in [0.25, 0.3) is 5.91 Å². The van der Waals surface area contributed by atoms with Crippen molar-refractivity contribution in [1.29, 1.82) is 0 Å². The van der Waals surface area contributed by atoms with Gasteiger partial charge in [0.1, 0.15) is 0 Å². The maximum atomic E-state index is 13.1. The van der Waals surface area contributed by atoms with Crippen molar-refractivity contribution in [3.05, 3.63) is 54.1 Å². The summed E-state index contributed by atoms with van der Waals surface area (Å²) >= 11 is 0. The monoisotopic (exact) mass is 456 g/mol. The minimum absolute atomic E-state index is 0.180. The van der Waals surface area contributed by atoms with Gasteiger partial charge in [-0.1, -0.05) is 31.0 Å². The molecule has 0 aromatic heterocycles. The number of hydrogen-bond donors (Lipinski definition) is 1. The van der Waals surface area contributed by atoms with Gasteiger partial charge in [0.05, 0.1) is 16.3 Å². The van der Waals surface area contributed by atoms with E-state index in [0.29, 0.717) is 18.7 Å². The van der Waals surface area contributed by atoms with E-state index < -0.39 is 10.0 Å². The average Bonchev–Trinajstić information content (AvgIpc) is 3.10. The van der Waals surface area contributed by atoms with Crippen molar-refractivity contribution < 1.29 is 13.2 Å². The lowest BCUT2D eigenvalue weighted by Gasteiger charge is -2.35. The van der Waals surface area contributed by atoms with E-state index >= 15 is 0 Å². The van der Waals surface area contributed by atoms with Crippen LogP contribution in [0.3, 0.4) is 0 Å². The molecule has 0 atom stereocenters. The van der Waals surface area contributed by atoms with Gasteiger partial charge in [0.2, 0.25) is 10.0 Å². The van der Waals surface area contributed by atoms with Gasteiger partial charge in [-0.15, -0.1) is 0 Å². The van der Waals surface area contributed by atoms with Gasteiger partial charge in [-0.05, 0) is 50.2 Å². The van der Waals surface area contributed by atoms with Crippen LogP contribution < -0.4 is 10.2 Å². The first-order valence-corrected chi connectivity index (χ1v) is 12.8. The van der Waals surface area contributed by atoms with Crippen LogP contribution in [0.15, 0.2) is 53.4 Å². The van der Waals surface area contributed by atoms with Crippen molar-refractivity contribution >= 4 is 27.3 Å². The Morgan fingerprint density at radius 3 is 2.25 bits per heavy atom. The molecule has 2 heterocycles. The first-order chi connectivity index (χ1) is 15.4. The summed E-state index contributed by atoms with van der Waals surface area (Å²) in [6.07, 6.45) is 3.87. The molecule has 0 unspecified atom stereocenters. The Morgan fingerprint density at radius 2 is 1.53 bits per heavy atom. The van der Waals surface area contributed by atoms with E-state index in [-0.39, 0.29) is 10.8 Å². The van der Waals surface area contributed by atoms with Crippen molar-refractivity contribution in [1.82, 2.24) is 9.21 Å². The van der Waals surface area contributed by atoms with E-state index in [1.807, 2.05) is 24.3 Å². The van der Waals surface area contributed by atoms with Crippen molar-refractivity contribution in [3.63, 3.8) is 0 Å². The van der Waals surface area contributed by atoms with E-state index in [9.17, 15) is 13.2 Å². The topological polar surface area (TPSA) is 73.0 Å². The number of piperazine rings is 1. The highest BCUT2D eigenvalue weighted by molar-refractivity contribution is 7.89. The summed E-state index contributed by atoms with van der Waals surface area (Å²) in [6.45, 7) is 4.81. The number of para-hydroxylation sites is 2. The zero-order chi connectivity index (χ0) is 22.6. The molecular weight excluding hydrogens is 424 g/mol. The largest absolute Gasteiger partial charge is 0.367 e. The number of amides is 1. The fraction of sp³-hybridized carbons (Fsp3) is 0.458. The number of benzene rings is 2. The van der Waals surface area contributed by atoms with E-state index in [4.69, 9.17) is 0 Å². The number of nitrogens with zero attached hydrogens (tertiary/aromatic N) is 3. The SMILES string of the molecule is CN1CCN(c2ccccc2NC(=O)c2cccc(S(=O)(=O)N3CCCCCC3)c2)CC1. The molecule has 2 aliphatic heterocycles. The van der Waals surface area contributed by atoms with Crippen molar-refractivity contribution in [2.75, 3.05) is 56.5 Å². The summed E-state index contributed by atoms with van der Waals surface area (Å²) in [6, 6.07) is 14.2. The number of carbonyl (C=O) groups is 1. The van der Waals surface area contributed by atoms with E-state index in [1.165, 1.54) is 6.07 Å². The predicted octanol–water partition coefficient (Wildman–Crippen LogP) is 3.26. The minimum Gasteiger partial charge on any atom is -0.367 e. The second-order valence-electron chi connectivity index (χ2n) is 8.61. The minimum atomic E-state index is -3.60. The quantitative estimate of drug-likeness (QED) is 0.748. The van der Waals surface area contributed by atoms with Crippen molar-refractivity contribution in [2.45, 2.75) is 30.6 Å². The molecule has 0 saturated carbocycles. The molecule has 32 heavy (non-hydrogen) atoms. The second-order valence-corrected chi connectivity index (χ2v) is 10.5. The maximum Gasteiger partial charge on any atom is 0.255 e. The molecule has 2 aromatic carbocycles. The Morgan fingerprint density at radius 1 is 0.844 bits per heavy atom. The number of hydrogen-bond acceptors (Lipinski definition) is 5. The van der Waals surface area contributed by atoms with Gasteiger partial charge in [0, 0.05) is 44.8 Å². The Balaban J connectivity index is 1.53. The molecule has 0 radical (unpaired) electrons. The maximum absolute atomic E-state index is 13.1. The number of sulfonamides is 1. The van der Waals surface area contributed by atoms with Gasteiger partial charge in [-0.25, -0.2) is 8.42 Å². The first kappa shape index (κ1) is 22.8. The van der Waals surface area contributed by atoms with Gasteiger partial charge < -0.3 is 15.1 Å². The van der Waals surface area contributed by atoms with Crippen LogP contribution >= 0.6 is 0 Å². The molecule has 2 aliphatic rings. The highest BCUT2D eigenvalue weighted by atomic mass is 32.2. The zero-order valence-electron chi connectivity index (χ0n) is 18.7. The lowest BCUT2D eigenvalue weighted by molar-refractivity contribution is 0.102. The van der Waals surface area contributed by atoms with Gasteiger partial charge in [0.15, 0.2) is 0 Å². The average molecular weight is 457 g/mol. The molecular formula is C24H32N4O3S. The third-order valence-electron chi connectivity index (χ3n) is 6.30. The van der Waals surface area contributed by atoms with E-state index in [2.05, 4.69) is 22.2 Å². The fourth-order valence-electron chi connectivity index (χ4n) is 4.33. The fourth-order valence-corrected chi connectivity index (χ4v) is 5.89. The van der Waals surface area contributed by atoms with Gasteiger partial charge in [-0.3, -0.25) is 4.79 Å². The van der Waals surface area contributed by atoms with Crippen molar-refractivity contribution in [2.24, 2.45) is 0 Å². The molecule has 8 heteroatoms. The van der Waals surface area contributed by atoms with Crippen LogP contribution in [0.25, 0.3) is 0 Å². The van der Waals surface area contributed by atoms with Crippen LogP contribution in [0, 0.1) is 0 Å². The van der Waals surface area contributed by atoms with Crippen LogP contribution in [0.1, 0.15) is 36.0 Å². The Kier molecular flexibility index (Phi) is 7.13. The molecule has 2 saturated heterocycles. The predicted molar refractivity (Wildman–Crippen MR) is 128 cm³/mol. The van der Waals surface area contributed by atoms with Crippen LogP contribution in [-0.2, 0) is 10.0 Å². The second kappa shape index (κ2) is 10.0. The Labute approximate surface area is 191 Å². The van der Waals surface area contributed by atoms with Crippen molar-refractivity contribution in [3.8, 4) is 0 Å². The zero-order valence-corrected chi connectivity index (χ0v) is 19.5. The summed E-state index contributed by atoms with van der Waals surface area (Å²) < 4.78 is 27.8. The number of nitrogens with one attached hydrogen (secondary N) is 1. The smallest absolute Gasteiger partial charge is 0.255 e. The third kappa shape index (κ3) is 5.14. The van der Waals surface area contributed by atoms with Crippen LogP contribution in [0.5, 0.6) is 0 Å². The molecule has 1 amide bonds. The lowest BCUT2D eigenvalue weighted by Crippen LogP contribution is -2.44. The van der Waals surface area contributed by atoms with Crippen LogP contribution in [-0.4, -0.2) is 69.8 Å². The van der Waals surface area contributed by atoms with Crippen LogP contribution in [0.4, 0.5) is 11.4 Å². The third-order valence-corrected chi connectivity index (χ3v) is 8.19. The molecule has 2 fully saturated rings. The highest BCUT2D eigenvalue weighted by Gasteiger charge is 2.26. The summed E-state index contributed by atoms with van der Waals surface area (Å²) in [5.41, 5.74) is 2.07. The molecule has 7 nitrogen and oxygen atoms in total. The number of anilines is 2. The molecule has 0 bridgehead atoms. The van der Waals surface area contributed by atoms with E-state index in [1.54, 1.807) is 22.5 Å². The summed E-state index contributed by atoms with van der Waals surface area (Å²) in [7, 11) is -1.50. The van der Waals surface area contributed by atoms with Gasteiger partial charge >= 0.3 is 0 Å². The van der Waals surface area contributed by atoms with Gasteiger partial charge in [-0.2, -0.15) is 4.31 Å². The number of likely N-dealkylation sites (N-methyl/N-ethyl adjacent to an activating group) is 1. The molecule has 4 rings (SSSR count). The molecule has 172 valence electrons. The summed E-state index contributed by atoms with van der Waals surface area (Å²) in [4.78, 5) is 17.8. The molecule has 1 N–H and O–H groups in total. The Bertz CT molecular complexity index is 1040. The summed E-state index contributed by atoms with van der Waals surface area (Å²) in [5.74, 6) is -0.306. The number of rotatable bonds is 5. The standard InChI is InChI=1S/C24H32N4O3S/c1-26-15-17-27(18-16-26)23-12-5-4-11-22(23)25-24(29)20-9-8-10-21(19-20)32(30,31)28-13-6-2-3-7-14-28/h4-5,8-12,19H,2-3,6-7,13-18H2,1H3,(H,25,29). The first-order valence-electron chi connectivity index (χ1n) is 11.4. The molecule has 2 aromatic rings. The number of carbonyl (C=O) groups excluding carboxylic acids is 1. The lowest BCUT2D eigenvalue weighted by atomic mass is 10.2. The highest BCUT2D eigenvalue weighted by Crippen LogP contribution is 2.27. The van der Waals surface area contributed by atoms with E-state index in [0.717, 1.165) is 63.2 Å². The molecule has 0 aliphatic carbocycles. The van der Waals surface area contributed by atoms with Crippen LogP contribution in [0.2, 0.25) is 0 Å². The molecule has 0 spiro atoms. The summed E-state index contributed by atoms with van der Waals surface area (Å²) in [5, 5.41) is 3.00. The normalized spacial score (nSPS) is 18.8.